The summed E-state index contributed by atoms with van der Waals surface area (Å²) in [4.78, 5) is 2.40. The Morgan fingerprint density at radius 2 is 1.89 bits per heavy atom. The summed E-state index contributed by atoms with van der Waals surface area (Å²) < 4.78 is 0. The summed E-state index contributed by atoms with van der Waals surface area (Å²) in [6, 6.07) is 9.07. The molecule has 0 amide bonds. The molecular formula is C16H26N2. The number of nitrogens with one attached hydrogen (secondary N) is 1. The van der Waals surface area contributed by atoms with Crippen molar-refractivity contribution >= 4 is 5.69 Å². The van der Waals surface area contributed by atoms with Crippen LogP contribution in [0.15, 0.2) is 24.3 Å². The average molecular weight is 246 g/mol. The number of anilines is 1. The SMILES string of the molecule is CCCc1ccc(N(C)CC2(CNC)CC2)cc1. The highest BCUT2D eigenvalue weighted by Crippen LogP contribution is 2.45. The molecule has 0 unspecified atom stereocenters. The van der Waals surface area contributed by atoms with E-state index in [9.17, 15) is 0 Å². The van der Waals surface area contributed by atoms with Gasteiger partial charge in [-0.2, -0.15) is 0 Å². The molecule has 0 aromatic heterocycles. The molecule has 2 nitrogen and oxygen atoms in total. The van der Waals surface area contributed by atoms with Crippen LogP contribution in [0.25, 0.3) is 0 Å². The smallest absolute Gasteiger partial charge is 0.0363 e. The molecule has 2 heteroatoms. The molecule has 100 valence electrons. The van der Waals surface area contributed by atoms with Crippen LogP contribution in [-0.4, -0.2) is 27.2 Å². The van der Waals surface area contributed by atoms with Gasteiger partial charge in [0.1, 0.15) is 0 Å². The number of hydrogen-bond acceptors (Lipinski definition) is 2. The van der Waals surface area contributed by atoms with Crippen molar-refractivity contribution in [3.63, 3.8) is 0 Å². The van der Waals surface area contributed by atoms with Crippen LogP contribution in [-0.2, 0) is 6.42 Å². The summed E-state index contributed by atoms with van der Waals surface area (Å²) in [7, 11) is 4.27. The zero-order valence-corrected chi connectivity index (χ0v) is 12.0. The third-order valence-corrected chi connectivity index (χ3v) is 4.00. The maximum atomic E-state index is 3.33. The van der Waals surface area contributed by atoms with Gasteiger partial charge in [-0.1, -0.05) is 25.5 Å². The fourth-order valence-corrected chi connectivity index (χ4v) is 2.74. The first kappa shape index (κ1) is 13.4. The van der Waals surface area contributed by atoms with Crippen LogP contribution >= 0.6 is 0 Å². The molecule has 1 aromatic carbocycles. The van der Waals surface area contributed by atoms with Gasteiger partial charge in [-0.25, -0.2) is 0 Å². The van der Waals surface area contributed by atoms with Crippen molar-refractivity contribution in [3.8, 4) is 0 Å². The Morgan fingerprint density at radius 3 is 2.39 bits per heavy atom. The fourth-order valence-electron chi connectivity index (χ4n) is 2.74. The molecule has 0 bridgehead atoms. The number of benzene rings is 1. The summed E-state index contributed by atoms with van der Waals surface area (Å²) in [6.45, 7) is 4.54. The Balaban J connectivity index is 1.94. The van der Waals surface area contributed by atoms with Crippen molar-refractivity contribution in [2.24, 2.45) is 5.41 Å². The monoisotopic (exact) mass is 246 g/mol. The Labute approximate surface area is 111 Å². The van der Waals surface area contributed by atoms with Crippen molar-refractivity contribution < 1.29 is 0 Å². The summed E-state index contributed by atoms with van der Waals surface area (Å²) in [5.74, 6) is 0. The molecule has 0 radical (unpaired) electrons. The number of rotatable bonds is 7. The molecule has 1 saturated carbocycles. The topological polar surface area (TPSA) is 15.3 Å². The highest BCUT2D eigenvalue weighted by atomic mass is 15.1. The van der Waals surface area contributed by atoms with E-state index in [4.69, 9.17) is 0 Å². The van der Waals surface area contributed by atoms with Gasteiger partial charge in [0, 0.05) is 31.2 Å². The minimum atomic E-state index is 0.533. The van der Waals surface area contributed by atoms with Crippen LogP contribution in [0.1, 0.15) is 31.7 Å². The lowest BCUT2D eigenvalue weighted by Crippen LogP contribution is -2.32. The second-order valence-corrected chi connectivity index (χ2v) is 5.80. The van der Waals surface area contributed by atoms with E-state index in [0.29, 0.717) is 5.41 Å². The summed E-state index contributed by atoms with van der Waals surface area (Å²) in [5.41, 5.74) is 3.33. The van der Waals surface area contributed by atoms with Gasteiger partial charge in [-0.3, -0.25) is 0 Å². The molecule has 0 aliphatic heterocycles. The van der Waals surface area contributed by atoms with Crippen LogP contribution in [0.5, 0.6) is 0 Å². The molecule has 1 aliphatic carbocycles. The molecule has 1 N–H and O–H groups in total. The van der Waals surface area contributed by atoms with Gasteiger partial charge in [-0.05, 0) is 44.0 Å². The van der Waals surface area contributed by atoms with Gasteiger partial charge in [-0.15, -0.1) is 0 Å². The molecule has 0 heterocycles. The van der Waals surface area contributed by atoms with Gasteiger partial charge < -0.3 is 10.2 Å². The van der Waals surface area contributed by atoms with E-state index in [2.05, 4.69) is 55.5 Å². The van der Waals surface area contributed by atoms with Crippen molar-refractivity contribution in [1.29, 1.82) is 0 Å². The number of hydrogen-bond donors (Lipinski definition) is 1. The van der Waals surface area contributed by atoms with E-state index in [1.807, 2.05) is 0 Å². The Bertz CT molecular complexity index is 365. The maximum Gasteiger partial charge on any atom is 0.0363 e. The molecule has 0 saturated heterocycles. The van der Waals surface area contributed by atoms with Crippen LogP contribution in [0.2, 0.25) is 0 Å². The van der Waals surface area contributed by atoms with Crippen LogP contribution in [0, 0.1) is 5.41 Å². The third kappa shape index (κ3) is 3.26. The molecule has 1 fully saturated rings. The summed E-state index contributed by atoms with van der Waals surface area (Å²) >= 11 is 0. The van der Waals surface area contributed by atoms with Crippen LogP contribution in [0.4, 0.5) is 5.69 Å². The van der Waals surface area contributed by atoms with E-state index < -0.39 is 0 Å². The third-order valence-electron chi connectivity index (χ3n) is 4.00. The minimum absolute atomic E-state index is 0.533. The predicted octanol–water partition coefficient (Wildman–Crippen LogP) is 3.07. The highest BCUT2D eigenvalue weighted by Gasteiger charge is 2.42. The molecule has 1 aliphatic rings. The van der Waals surface area contributed by atoms with Crippen molar-refractivity contribution in [2.75, 3.05) is 32.1 Å². The van der Waals surface area contributed by atoms with Crippen LogP contribution < -0.4 is 10.2 Å². The Kier molecular flexibility index (Phi) is 4.28. The molecule has 2 rings (SSSR count). The second-order valence-electron chi connectivity index (χ2n) is 5.80. The Morgan fingerprint density at radius 1 is 1.22 bits per heavy atom. The van der Waals surface area contributed by atoms with Gasteiger partial charge in [0.05, 0.1) is 0 Å². The maximum absolute atomic E-state index is 3.33. The van der Waals surface area contributed by atoms with Gasteiger partial charge >= 0.3 is 0 Å². The second kappa shape index (κ2) is 5.75. The average Bonchev–Trinajstić information content (AvgIpc) is 3.10. The first-order chi connectivity index (χ1) is 8.69. The zero-order valence-electron chi connectivity index (χ0n) is 12.0. The summed E-state index contributed by atoms with van der Waals surface area (Å²) in [5, 5.41) is 3.33. The number of nitrogens with zero attached hydrogens (tertiary/aromatic N) is 1. The van der Waals surface area contributed by atoms with E-state index in [1.165, 1.54) is 43.5 Å². The quantitative estimate of drug-likeness (QED) is 0.795. The zero-order chi connectivity index (χ0) is 13.0. The highest BCUT2D eigenvalue weighted by molar-refractivity contribution is 5.47. The lowest BCUT2D eigenvalue weighted by Gasteiger charge is -2.25. The molecule has 1 aromatic rings. The molecular weight excluding hydrogens is 220 g/mol. The van der Waals surface area contributed by atoms with Gasteiger partial charge in [0.25, 0.3) is 0 Å². The standard InChI is InChI=1S/C16H26N2/c1-4-5-14-6-8-15(9-7-14)18(3)13-16(10-11-16)12-17-2/h6-9,17H,4-5,10-13H2,1-3H3. The van der Waals surface area contributed by atoms with Gasteiger partial charge in [0.15, 0.2) is 0 Å². The fraction of sp³-hybridized carbons (Fsp3) is 0.625. The summed E-state index contributed by atoms with van der Waals surface area (Å²) in [6.07, 6.45) is 5.15. The van der Waals surface area contributed by atoms with E-state index in [-0.39, 0.29) is 0 Å². The molecule has 18 heavy (non-hydrogen) atoms. The van der Waals surface area contributed by atoms with E-state index in [0.717, 1.165) is 6.54 Å². The molecule has 0 spiro atoms. The molecule has 0 atom stereocenters. The predicted molar refractivity (Wildman–Crippen MR) is 79.3 cm³/mol. The van der Waals surface area contributed by atoms with Crippen molar-refractivity contribution in [2.45, 2.75) is 32.6 Å². The van der Waals surface area contributed by atoms with Crippen molar-refractivity contribution in [3.05, 3.63) is 29.8 Å². The van der Waals surface area contributed by atoms with Gasteiger partial charge in [0.2, 0.25) is 0 Å². The largest absolute Gasteiger partial charge is 0.374 e. The first-order valence-corrected chi connectivity index (χ1v) is 7.14. The lowest BCUT2D eigenvalue weighted by molar-refractivity contribution is 0.482. The van der Waals surface area contributed by atoms with Crippen molar-refractivity contribution in [1.82, 2.24) is 5.32 Å². The minimum Gasteiger partial charge on any atom is -0.374 e. The van der Waals surface area contributed by atoms with E-state index >= 15 is 0 Å². The number of aryl methyl sites for hydroxylation is 1. The first-order valence-electron chi connectivity index (χ1n) is 7.14. The van der Waals surface area contributed by atoms with E-state index in [1.54, 1.807) is 0 Å². The van der Waals surface area contributed by atoms with Crippen LogP contribution in [0.3, 0.4) is 0 Å². The lowest BCUT2D eigenvalue weighted by atomic mass is 10.1. The Hall–Kier alpha value is -1.02. The normalized spacial score (nSPS) is 16.6.